The maximum Gasteiger partial charge on any atom is 0.400 e. The highest BCUT2D eigenvalue weighted by atomic mass is 19.4. The van der Waals surface area contributed by atoms with Gasteiger partial charge >= 0.3 is 6.18 Å². The first-order chi connectivity index (χ1) is 8.31. The van der Waals surface area contributed by atoms with Crippen molar-refractivity contribution in [2.45, 2.75) is 25.6 Å². The molecule has 0 aromatic heterocycles. The second kappa shape index (κ2) is 5.75. The van der Waals surface area contributed by atoms with Crippen molar-refractivity contribution in [2.24, 2.45) is 22.7 Å². The number of halogens is 3. The van der Waals surface area contributed by atoms with E-state index in [9.17, 15) is 18.3 Å². The monoisotopic (exact) mass is 269 g/mol. The number of likely N-dealkylation sites (tertiary alicyclic amines) is 1. The average Bonchev–Trinajstić information content (AvgIpc) is 2.64. The molecule has 3 atom stereocenters. The topological polar surface area (TPSA) is 82.1 Å². The van der Waals surface area contributed by atoms with Crippen molar-refractivity contribution in [3.05, 3.63) is 0 Å². The van der Waals surface area contributed by atoms with Gasteiger partial charge in [0, 0.05) is 12.6 Å². The van der Waals surface area contributed by atoms with Crippen LogP contribution in [0.5, 0.6) is 0 Å². The Hall–Kier alpha value is -1.02. The number of amidine groups is 1. The summed E-state index contributed by atoms with van der Waals surface area (Å²) in [7, 11) is 0. The van der Waals surface area contributed by atoms with E-state index in [1.165, 1.54) is 0 Å². The second-order valence-electron chi connectivity index (χ2n) is 4.63. The lowest BCUT2D eigenvalue weighted by atomic mass is 10.0. The van der Waals surface area contributed by atoms with Crippen LogP contribution in [0.15, 0.2) is 5.16 Å². The lowest BCUT2D eigenvalue weighted by Crippen LogP contribution is -2.47. The highest BCUT2D eigenvalue weighted by Crippen LogP contribution is 2.31. The Labute approximate surface area is 103 Å². The fraction of sp³-hybridized carbons (Fsp3) is 0.900. The molecule has 4 N–H and O–H groups in total. The minimum Gasteiger partial charge on any atom is -0.409 e. The molecule has 18 heavy (non-hydrogen) atoms. The van der Waals surface area contributed by atoms with E-state index in [-0.39, 0.29) is 18.6 Å². The lowest BCUT2D eigenvalue weighted by Gasteiger charge is -2.29. The molecule has 0 radical (unpaired) electrons. The predicted molar refractivity (Wildman–Crippen MR) is 59.2 cm³/mol. The molecule has 1 heterocycles. The standard InChI is InChI=1S/C10H18F3N3O2/c1-6-2-3-16(8(6)5-17)4-7(9(14)15-18)10(11,12)13/h6-8,17-18H,2-5H2,1H3,(H2,14,15). The van der Waals surface area contributed by atoms with Gasteiger partial charge in [-0.05, 0) is 18.9 Å². The number of alkyl halides is 3. The second-order valence-corrected chi connectivity index (χ2v) is 4.63. The van der Waals surface area contributed by atoms with Crippen LogP contribution in [0.25, 0.3) is 0 Å². The molecule has 1 rings (SSSR count). The van der Waals surface area contributed by atoms with Crippen molar-refractivity contribution >= 4 is 5.84 Å². The zero-order valence-electron chi connectivity index (χ0n) is 10.1. The van der Waals surface area contributed by atoms with Crippen molar-refractivity contribution in [2.75, 3.05) is 19.7 Å². The third-order valence-corrected chi connectivity index (χ3v) is 3.47. The van der Waals surface area contributed by atoms with E-state index in [2.05, 4.69) is 5.16 Å². The van der Waals surface area contributed by atoms with Gasteiger partial charge in [0.15, 0.2) is 5.84 Å². The van der Waals surface area contributed by atoms with E-state index in [4.69, 9.17) is 10.9 Å². The van der Waals surface area contributed by atoms with Gasteiger partial charge in [-0.15, -0.1) is 0 Å². The van der Waals surface area contributed by atoms with Crippen LogP contribution < -0.4 is 5.73 Å². The molecule has 3 unspecified atom stereocenters. The molecule has 8 heteroatoms. The molecule has 1 saturated heterocycles. The van der Waals surface area contributed by atoms with Crippen LogP contribution in [0.1, 0.15) is 13.3 Å². The molecular weight excluding hydrogens is 251 g/mol. The summed E-state index contributed by atoms with van der Waals surface area (Å²) in [6.45, 7) is 1.77. The minimum atomic E-state index is -4.57. The van der Waals surface area contributed by atoms with Crippen molar-refractivity contribution in [1.82, 2.24) is 4.90 Å². The number of oxime groups is 1. The lowest BCUT2D eigenvalue weighted by molar-refractivity contribution is -0.161. The molecule has 0 aromatic carbocycles. The highest BCUT2D eigenvalue weighted by molar-refractivity contribution is 5.83. The summed E-state index contributed by atoms with van der Waals surface area (Å²) in [6.07, 6.45) is -3.84. The zero-order chi connectivity index (χ0) is 13.9. The first-order valence-corrected chi connectivity index (χ1v) is 5.70. The number of hydrogen-bond acceptors (Lipinski definition) is 4. The Morgan fingerprint density at radius 1 is 1.56 bits per heavy atom. The van der Waals surface area contributed by atoms with E-state index in [0.29, 0.717) is 6.54 Å². The molecule has 5 nitrogen and oxygen atoms in total. The molecule has 0 bridgehead atoms. The maximum atomic E-state index is 12.8. The molecular formula is C10H18F3N3O2. The van der Waals surface area contributed by atoms with Gasteiger partial charge in [-0.1, -0.05) is 12.1 Å². The van der Waals surface area contributed by atoms with Gasteiger partial charge in [-0.2, -0.15) is 13.2 Å². The van der Waals surface area contributed by atoms with Crippen LogP contribution in [0.2, 0.25) is 0 Å². The minimum absolute atomic E-state index is 0.135. The van der Waals surface area contributed by atoms with Crippen molar-refractivity contribution in [3.8, 4) is 0 Å². The molecule has 0 aliphatic carbocycles. The van der Waals surface area contributed by atoms with Crippen molar-refractivity contribution < 1.29 is 23.5 Å². The summed E-state index contributed by atoms with van der Waals surface area (Å²) < 4.78 is 38.3. The van der Waals surface area contributed by atoms with Gasteiger partial charge in [0.25, 0.3) is 0 Å². The highest BCUT2D eigenvalue weighted by Gasteiger charge is 2.45. The first-order valence-electron chi connectivity index (χ1n) is 5.70. The Kier molecular flexibility index (Phi) is 4.80. The van der Waals surface area contributed by atoms with Gasteiger partial charge in [0.1, 0.15) is 5.92 Å². The third-order valence-electron chi connectivity index (χ3n) is 3.47. The van der Waals surface area contributed by atoms with Crippen LogP contribution >= 0.6 is 0 Å². The molecule has 0 saturated carbocycles. The fourth-order valence-electron chi connectivity index (χ4n) is 2.28. The van der Waals surface area contributed by atoms with E-state index in [1.807, 2.05) is 6.92 Å². The number of hydrogen-bond donors (Lipinski definition) is 3. The van der Waals surface area contributed by atoms with Gasteiger partial charge in [-0.3, -0.25) is 4.90 Å². The summed E-state index contributed by atoms with van der Waals surface area (Å²) in [5.41, 5.74) is 5.09. The normalized spacial score (nSPS) is 28.6. The van der Waals surface area contributed by atoms with Crippen LogP contribution in [0, 0.1) is 11.8 Å². The summed E-state index contributed by atoms with van der Waals surface area (Å²) in [5.74, 6) is -2.73. The molecule has 1 aliphatic rings. The van der Waals surface area contributed by atoms with E-state index < -0.39 is 24.5 Å². The van der Waals surface area contributed by atoms with Gasteiger partial charge in [0.05, 0.1) is 6.61 Å². The third kappa shape index (κ3) is 3.26. The first kappa shape index (κ1) is 15.0. The summed E-state index contributed by atoms with van der Waals surface area (Å²) in [4.78, 5) is 1.54. The Bertz CT molecular complexity index is 309. The maximum absolute atomic E-state index is 12.8. The van der Waals surface area contributed by atoms with E-state index >= 15 is 0 Å². The quantitative estimate of drug-likeness (QED) is 0.302. The molecule has 1 fully saturated rings. The van der Waals surface area contributed by atoms with Crippen LogP contribution in [-0.2, 0) is 0 Å². The Balaban J connectivity index is 2.79. The number of nitrogens with two attached hydrogens (primary N) is 1. The summed E-state index contributed by atoms with van der Waals surface area (Å²) >= 11 is 0. The molecule has 0 amide bonds. The molecule has 0 spiro atoms. The van der Waals surface area contributed by atoms with Crippen LogP contribution in [0.4, 0.5) is 13.2 Å². The zero-order valence-corrected chi connectivity index (χ0v) is 10.1. The van der Waals surface area contributed by atoms with E-state index in [0.717, 1.165) is 6.42 Å². The van der Waals surface area contributed by atoms with Crippen molar-refractivity contribution in [1.29, 1.82) is 0 Å². The smallest absolute Gasteiger partial charge is 0.400 e. The fourth-order valence-corrected chi connectivity index (χ4v) is 2.28. The van der Waals surface area contributed by atoms with Gasteiger partial charge < -0.3 is 16.0 Å². The van der Waals surface area contributed by atoms with Gasteiger partial charge in [0.2, 0.25) is 0 Å². The number of aliphatic hydroxyl groups is 1. The summed E-state index contributed by atoms with van der Waals surface area (Å²) in [6, 6.07) is -0.304. The number of nitrogens with zero attached hydrogens (tertiary/aromatic N) is 2. The largest absolute Gasteiger partial charge is 0.409 e. The van der Waals surface area contributed by atoms with Crippen molar-refractivity contribution in [3.63, 3.8) is 0 Å². The SMILES string of the molecule is CC1CCN(CC(C(N)=NO)C(F)(F)F)C1CO. The average molecular weight is 269 g/mol. The van der Waals surface area contributed by atoms with E-state index in [1.54, 1.807) is 4.90 Å². The molecule has 1 aliphatic heterocycles. The number of aliphatic hydroxyl groups excluding tert-OH is 1. The molecule has 0 aromatic rings. The number of rotatable bonds is 4. The summed E-state index contributed by atoms with van der Waals surface area (Å²) in [5, 5.41) is 20.0. The van der Waals surface area contributed by atoms with Gasteiger partial charge in [-0.25, -0.2) is 0 Å². The molecule has 106 valence electrons. The van der Waals surface area contributed by atoms with Crippen LogP contribution in [-0.4, -0.2) is 53.0 Å². The van der Waals surface area contributed by atoms with Crippen LogP contribution in [0.3, 0.4) is 0 Å². The predicted octanol–water partition coefficient (Wildman–Crippen LogP) is 0.614. The Morgan fingerprint density at radius 3 is 2.61 bits per heavy atom. The Morgan fingerprint density at radius 2 is 2.17 bits per heavy atom.